The highest BCUT2D eigenvalue weighted by atomic mass is 35.5. The molecule has 10 nitrogen and oxygen atoms in total. The van der Waals surface area contributed by atoms with Crippen LogP contribution >= 0.6 is 23.2 Å². The van der Waals surface area contributed by atoms with E-state index in [0.717, 1.165) is 39.8 Å². The van der Waals surface area contributed by atoms with Gasteiger partial charge in [-0.3, -0.25) is 4.79 Å². The lowest BCUT2D eigenvalue weighted by Crippen LogP contribution is -2.37. The first-order valence-corrected chi connectivity index (χ1v) is 16.6. The molecular weight excluding hydrogens is 627 g/mol. The quantitative estimate of drug-likeness (QED) is 0.237. The Morgan fingerprint density at radius 2 is 1.84 bits per heavy atom. The molecule has 44 heavy (non-hydrogen) atoms. The molecule has 4 heterocycles. The van der Waals surface area contributed by atoms with E-state index in [1.165, 1.54) is 10.4 Å². The Balaban J connectivity index is 1.50. The van der Waals surface area contributed by atoms with E-state index in [0.29, 0.717) is 41.4 Å². The van der Waals surface area contributed by atoms with Gasteiger partial charge in [-0.05, 0) is 73.6 Å². The van der Waals surface area contributed by atoms with Gasteiger partial charge in [0.25, 0.3) is 0 Å². The van der Waals surface area contributed by atoms with Crippen molar-refractivity contribution in [3.05, 3.63) is 79.8 Å². The molecule has 13 heteroatoms. The number of hydrogen-bond acceptors (Lipinski definition) is 8. The van der Waals surface area contributed by atoms with E-state index < -0.39 is 16.2 Å². The fraction of sp³-hybridized carbons (Fsp3) is 0.387. The van der Waals surface area contributed by atoms with Crippen LogP contribution in [0.4, 0.5) is 0 Å². The Hall–Kier alpha value is -3.38. The van der Waals surface area contributed by atoms with E-state index in [-0.39, 0.29) is 42.9 Å². The Kier molecular flexibility index (Phi) is 8.49. The van der Waals surface area contributed by atoms with Gasteiger partial charge in [-0.15, -0.1) is 5.10 Å². The van der Waals surface area contributed by atoms with E-state index in [4.69, 9.17) is 36.9 Å². The highest BCUT2D eigenvalue weighted by Gasteiger charge is 2.33. The van der Waals surface area contributed by atoms with Crippen molar-refractivity contribution < 1.29 is 26.9 Å². The maximum atomic E-state index is 13.3. The summed E-state index contributed by atoms with van der Waals surface area (Å²) in [5, 5.41) is 9.63. The van der Waals surface area contributed by atoms with Gasteiger partial charge in [-0.2, -0.15) is 12.7 Å². The van der Waals surface area contributed by atoms with Crippen molar-refractivity contribution in [1.29, 1.82) is 0 Å². The molecule has 0 N–H and O–H groups in total. The molecule has 0 saturated heterocycles. The Labute approximate surface area is 266 Å². The van der Waals surface area contributed by atoms with E-state index >= 15 is 0 Å². The van der Waals surface area contributed by atoms with Crippen molar-refractivity contribution in [2.45, 2.75) is 65.6 Å². The summed E-state index contributed by atoms with van der Waals surface area (Å²) in [6.07, 6.45) is 1.51. The normalized spacial score (nSPS) is 19.5. The molecule has 0 amide bonds. The lowest BCUT2D eigenvalue weighted by molar-refractivity contribution is -0.143. The summed E-state index contributed by atoms with van der Waals surface area (Å²) in [4.78, 5) is 12.9. The van der Waals surface area contributed by atoms with Gasteiger partial charge in [-0.1, -0.05) is 46.6 Å². The molecule has 3 aliphatic heterocycles. The predicted octanol–water partition coefficient (Wildman–Crippen LogP) is 6.25. The van der Waals surface area contributed by atoms with E-state index in [2.05, 4.69) is 10.3 Å². The molecule has 232 valence electrons. The number of nitrogens with zero attached hydrogens (tertiary/aromatic N) is 4. The van der Waals surface area contributed by atoms with Crippen LogP contribution in [0.2, 0.25) is 10.0 Å². The van der Waals surface area contributed by atoms with Crippen LogP contribution in [-0.4, -0.2) is 46.9 Å². The minimum Gasteiger partial charge on any atom is -0.492 e. The van der Waals surface area contributed by atoms with Crippen molar-refractivity contribution in [2.75, 3.05) is 13.2 Å². The lowest BCUT2D eigenvalue weighted by atomic mass is 9.84. The monoisotopic (exact) mass is 658 g/mol. The largest absolute Gasteiger partial charge is 0.492 e. The molecule has 9 bridgehead atoms. The number of fused-ring (bicyclic) bond motifs is 5. The van der Waals surface area contributed by atoms with Crippen molar-refractivity contribution in [3.8, 4) is 11.5 Å². The van der Waals surface area contributed by atoms with E-state index in [1.807, 2.05) is 38.1 Å². The van der Waals surface area contributed by atoms with Gasteiger partial charge >= 0.3 is 16.3 Å². The first kappa shape index (κ1) is 30.6. The number of aryl methyl sites for hydroxylation is 3. The average Bonchev–Trinajstić information content (AvgIpc) is 3.40. The molecule has 1 unspecified atom stereocenters. The molecule has 0 radical (unpaired) electrons. The minimum absolute atomic E-state index is 0.0550. The molecule has 7 rings (SSSR count). The number of rotatable bonds is 3. The zero-order chi connectivity index (χ0) is 31.2. The van der Waals surface area contributed by atoms with Gasteiger partial charge in [0.2, 0.25) is 0 Å². The third-order valence-corrected chi connectivity index (χ3v) is 10.1. The fourth-order valence-electron chi connectivity index (χ4n) is 5.84. The number of esters is 1. The molecule has 3 aliphatic rings. The number of carbonyl (C=O) groups excluding carboxylic acids is 1. The molecule has 4 aromatic rings. The molecule has 2 atom stereocenters. The topological polar surface area (TPSA) is 113 Å². The second-order valence-corrected chi connectivity index (χ2v) is 13.4. The zero-order valence-electron chi connectivity index (χ0n) is 24.6. The lowest BCUT2D eigenvalue weighted by Gasteiger charge is -2.29. The summed E-state index contributed by atoms with van der Waals surface area (Å²) < 4.78 is 46.4. The Morgan fingerprint density at radius 3 is 2.64 bits per heavy atom. The van der Waals surface area contributed by atoms with Crippen molar-refractivity contribution in [3.63, 3.8) is 0 Å². The summed E-state index contributed by atoms with van der Waals surface area (Å²) in [6.45, 7) is 7.00. The van der Waals surface area contributed by atoms with Crippen LogP contribution in [-0.2, 0) is 39.5 Å². The summed E-state index contributed by atoms with van der Waals surface area (Å²) in [7, 11) is -4.11. The Morgan fingerprint density at radius 1 is 1.05 bits per heavy atom. The third-order valence-electron chi connectivity index (χ3n) is 8.20. The molecule has 0 fully saturated rings. The zero-order valence-corrected chi connectivity index (χ0v) is 26.9. The summed E-state index contributed by atoms with van der Waals surface area (Å²) in [5.74, 6) is -0.136. The summed E-state index contributed by atoms with van der Waals surface area (Å²) in [6, 6.07) is 10.9. The first-order chi connectivity index (χ1) is 21.1. The summed E-state index contributed by atoms with van der Waals surface area (Å²) >= 11 is 13.3. The third kappa shape index (κ3) is 5.85. The maximum Gasteiger partial charge on any atom is 0.385 e. The number of benzene rings is 3. The molecule has 3 aromatic carbocycles. The summed E-state index contributed by atoms with van der Waals surface area (Å²) in [5.41, 5.74) is 6.20. The van der Waals surface area contributed by atoms with E-state index in [9.17, 15) is 13.2 Å². The van der Waals surface area contributed by atoms with Gasteiger partial charge in [0, 0.05) is 37.2 Å². The van der Waals surface area contributed by atoms with Gasteiger partial charge in [0.15, 0.2) is 0 Å². The highest BCUT2D eigenvalue weighted by molar-refractivity contribution is 7.84. The Bertz CT molecular complexity index is 1880. The van der Waals surface area contributed by atoms with Crippen LogP contribution in [0.3, 0.4) is 0 Å². The number of ether oxygens (including phenoxy) is 2. The smallest absolute Gasteiger partial charge is 0.385 e. The van der Waals surface area contributed by atoms with Crippen molar-refractivity contribution in [2.24, 2.45) is 0 Å². The fourth-order valence-corrected chi connectivity index (χ4v) is 7.43. The standard InChI is InChI=1S/C31H32Cl2N4O6S/c1-4-41-29(38)14-24-20-8-7-18(2)21(11-20)16-36-17-22-12-28(25(32)15-27(22)43-44(36,39)40)42-10-6-5-9-37-31-26(33)13-23(24)19(3)30(31)34-35-37/h7-8,11-13,15,24H,4-6,9-10,14,16-17H2,1-3H3/t24-/m1/s1. The van der Waals surface area contributed by atoms with Gasteiger partial charge in [0.05, 0.1) is 29.7 Å². The second kappa shape index (κ2) is 12.2. The van der Waals surface area contributed by atoms with Gasteiger partial charge in [-0.25, -0.2) is 4.68 Å². The SMILES string of the molecule is CCOC(=O)C[C@@H]1c2ccc(C)c(c2)CN2Cc3cc(c(Cl)cc3OS2(=O)=O)OCCCCn2nnc3c(C)c1cc(Cl)c32. The van der Waals surface area contributed by atoms with Crippen molar-refractivity contribution in [1.82, 2.24) is 19.3 Å². The van der Waals surface area contributed by atoms with E-state index in [1.54, 1.807) is 17.7 Å². The van der Waals surface area contributed by atoms with Crippen LogP contribution in [0, 0.1) is 13.8 Å². The number of carbonyl (C=O) groups is 1. The van der Waals surface area contributed by atoms with Crippen LogP contribution in [0.25, 0.3) is 11.0 Å². The van der Waals surface area contributed by atoms with Crippen molar-refractivity contribution >= 4 is 50.5 Å². The molecule has 0 aliphatic carbocycles. The second-order valence-electron chi connectivity index (χ2n) is 11.1. The number of aromatic nitrogens is 3. The van der Waals surface area contributed by atoms with Gasteiger partial charge in [0.1, 0.15) is 22.5 Å². The van der Waals surface area contributed by atoms with Crippen LogP contribution in [0.5, 0.6) is 11.5 Å². The molecule has 1 aromatic heterocycles. The average molecular weight is 660 g/mol. The molecule has 0 saturated carbocycles. The molecular formula is C31H32Cl2N4O6S. The maximum absolute atomic E-state index is 13.3. The van der Waals surface area contributed by atoms with Crippen LogP contribution in [0.15, 0.2) is 36.4 Å². The minimum atomic E-state index is -4.11. The number of halogens is 2. The van der Waals surface area contributed by atoms with Crippen LogP contribution in [0.1, 0.15) is 65.5 Å². The number of hydrogen-bond donors (Lipinski definition) is 0. The van der Waals surface area contributed by atoms with Gasteiger partial charge < -0.3 is 13.7 Å². The first-order valence-electron chi connectivity index (χ1n) is 14.5. The van der Waals surface area contributed by atoms with Crippen LogP contribution < -0.4 is 8.92 Å². The highest BCUT2D eigenvalue weighted by Crippen LogP contribution is 2.40. The predicted molar refractivity (Wildman–Crippen MR) is 167 cm³/mol. The molecule has 0 spiro atoms.